The van der Waals surface area contributed by atoms with Crippen LogP contribution in [-0.2, 0) is 26.6 Å². The Hall–Kier alpha value is -3.29. The summed E-state index contributed by atoms with van der Waals surface area (Å²) in [6, 6.07) is 5.30. The first kappa shape index (κ1) is 34.1. The van der Waals surface area contributed by atoms with E-state index in [4.69, 9.17) is 16.3 Å². The van der Waals surface area contributed by atoms with Crippen LogP contribution in [0.3, 0.4) is 0 Å². The molecule has 5 rings (SSSR count). The number of hydrogen-bond donors (Lipinski definition) is 2. The molecule has 2 aliphatic heterocycles. The van der Waals surface area contributed by atoms with Crippen LogP contribution in [0.1, 0.15) is 56.7 Å². The molecule has 2 amide bonds. The van der Waals surface area contributed by atoms with Gasteiger partial charge in [0.1, 0.15) is 5.75 Å². The molecule has 2 aromatic carbocycles. The van der Waals surface area contributed by atoms with Crippen molar-refractivity contribution in [1.82, 2.24) is 0 Å². The van der Waals surface area contributed by atoms with E-state index in [2.05, 4.69) is 0 Å². The number of hydrogen-bond acceptors (Lipinski definition) is 5. The summed E-state index contributed by atoms with van der Waals surface area (Å²) in [5, 5.41) is 20.7. The third kappa shape index (κ3) is 6.59. The van der Waals surface area contributed by atoms with Crippen molar-refractivity contribution in [1.29, 1.82) is 0 Å². The zero-order chi connectivity index (χ0) is 33.9. The fourth-order valence-corrected chi connectivity index (χ4v) is 7.13. The van der Waals surface area contributed by atoms with Gasteiger partial charge in [0.25, 0.3) is 0 Å². The van der Waals surface area contributed by atoms with Gasteiger partial charge in [0.15, 0.2) is 0 Å². The Labute approximate surface area is 266 Å². The Morgan fingerprint density at radius 3 is 2.24 bits per heavy atom. The van der Waals surface area contributed by atoms with E-state index < -0.39 is 72.0 Å². The molecule has 2 fully saturated rings. The standard InChI is InChI=1S/C32H31BClF6NO5/c1-15(2)22-13-23-28(30(44)41(29(23)43)20-10-18(31(35,36)37)9-19(11-20)32(38,39)40)24-14-33(45)46-26(27(22)24)7-4-16(3)8-17-5-6-21(42)12-25(17)34/h5-6,8-12,15,23-24,26,28,42,45H,4,7,13-14H2,1-3H3/b16-8+/t23-,24+,26-,28-/m1/s1. The molecule has 0 bridgehead atoms. The third-order valence-electron chi connectivity index (χ3n) is 8.96. The number of aromatic hydroxyl groups is 1. The highest BCUT2D eigenvalue weighted by molar-refractivity contribution is 6.43. The first-order chi connectivity index (χ1) is 21.4. The molecule has 2 heterocycles. The number of carbonyl (C=O) groups is 2. The van der Waals surface area contributed by atoms with Crippen molar-refractivity contribution in [3.63, 3.8) is 0 Å². The number of fused-ring (bicyclic) bond motifs is 3. The molecule has 0 unspecified atom stereocenters. The van der Waals surface area contributed by atoms with Gasteiger partial charge in [-0.3, -0.25) is 9.59 Å². The van der Waals surface area contributed by atoms with Gasteiger partial charge in [-0.15, -0.1) is 0 Å². The fourth-order valence-electron chi connectivity index (χ4n) is 6.90. The minimum Gasteiger partial charge on any atom is -0.508 e. The number of allylic oxidation sites excluding steroid dienone is 2. The van der Waals surface area contributed by atoms with Crippen molar-refractivity contribution in [3.05, 3.63) is 74.8 Å². The minimum absolute atomic E-state index is 0.0200. The highest BCUT2D eigenvalue weighted by Gasteiger charge is 2.58. The predicted molar refractivity (Wildman–Crippen MR) is 160 cm³/mol. The topological polar surface area (TPSA) is 87.1 Å². The van der Waals surface area contributed by atoms with E-state index in [1.165, 1.54) is 12.1 Å². The summed E-state index contributed by atoms with van der Waals surface area (Å²) in [6.45, 7) is 5.65. The van der Waals surface area contributed by atoms with Crippen LogP contribution in [0.25, 0.3) is 6.08 Å². The Bertz CT molecular complexity index is 1590. The van der Waals surface area contributed by atoms with Gasteiger partial charge in [0.2, 0.25) is 11.8 Å². The van der Waals surface area contributed by atoms with Crippen molar-refractivity contribution in [2.45, 2.75) is 64.8 Å². The summed E-state index contributed by atoms with van der Waals surface area (Å²) in [7, 11) is -1.32. The van der Waals surface area contributed by atoms with Gasteiger partial charge in [-0.05, 0) is 91.9 Å². The van der Waals surface area contributed by atoms with E-state index in [0.717, 1.165) is 16.7 Å². The van der Waals surface area contributed by atoms with Gasteiger partial charge < -0.3 is 14.8 Å². The maximum absolute atomic E-state index is 13.9. The van der Waals surface area contributed by atoms with Crippen LogP contribution in [0, 0.1) is 23.7 Å². The normalized spacial score (nSPS) is 24.2. The van der Waals surface area contributed by atoms with Gasteiger partial charge in [0.05, 0.1) is 39.8 Å². The first-order valence-electron chi connectivity index (χ1n) is 14.8. The molecule has 246 valence electrons. The number of alkyl halides is 6. The van der Waals surface area contributed by atoms with Gasteiger partial charge in [-0.1, -0.05) is 42.7 Å². The number of carbonyl (C=O) groups excluding carboxylic acids is 2. The van der Waals surface area contributed by atoms with Gasteiger partial charge in [0, 0.05) is 0 Å². The van der Waals surface area contributed by atoms with Crippen molar-refractivity contribution in [3.8, 4) is 5.75 Å². The molecule has 46 heavy (non-hydrogen) atoms. The maximum atomic E-state index is 13.9. The van der Waals surface area contributed by atoms with Crippen LogP contribution in [-0.4, -0.2) is 35.2 Å². The molecular formula is C32H31BClF6NO5. The Morgan fingerprint density at radius 2 is 1.67 bits per heavy atom. The molecule has 2 aromatic rings. The largest absolute Gasteiger partial charge is 0.508 e. The van der Waals surface area contributed by atoms with Crippen molar-refractivity contribution >= 4 is 42.3 Å². The average Bonchev–Trinajstić information content (AvgIpc) is 3.20. The first-order valence-corrected chi connectivity index (χ1v) is 15.1. The van der Waals surface area contributed by atoms with Crippen LogP contribution in [0.5, 0.6) is 5.75 Å². The number of nitrogens with zero attached hydrogens (tertiary/aromatic N) is 1. The summed E-state index contributed by atoms with van der Waals surface area (Å²) < 4.78 is 87.7. The number of anilines is 1. The monoisotopic (exact) mass is 669 g/mol. The summed E-state index contributed by atoms with van der Waals surface area (Å²) in [6.07, 6.45) is -8.27. The summed E-state index contributed by atoms with van der Waals surface area (Å²) in [4.78, 5) is 28.1. The lowest BCUT2D eigenvalue weighted by Gasteiger charge is -2.44. The maximum Gasteiger partial charge on any atom is 0.455 e. The van der Waals surface area contributed by atoms with Crippen LogP contribution in [0.4, 0.5) is 32.0 Å². The molecule has 0 saturated carbocycles. The number of benzene rings is 2. The zero-order valence-electron chi connectivity index (χ0n) is 25.0. The minimum atomic E-state index is -5.16. The van der Waals surface area contributed by atoms with E-state index in [9.17, 15) is 46.1 Å². The molecule has 0 aromatic heterocycles. The number of imide groups is 1. The smallest absolute Gasteiger partial charge is 0.455 e. The zero-order valence-corrected chi connectivity index (χ0v) is 25.8. The number of phenols is 1. The molecule has 6 nitrogen and oxygen atoms in total. The summed E-state index contributed by atoms with van der Waals surface area (Å²) in [5.74, 6) is -4.72. The van der Waals surface area contributed by atoms with Crippen LogP contribution in [0.2, 0.25) is 11.3 Å². The lowest BCUT2D eigenvalue weighted by molar-refractivity contribution is -0.143. The predicted octanol–water partition coefficient (Wildman–Crippen LogP) is 7.92. The van der Waals surface area contributed by atoms with Crippen LogP contribution >= 0.6 is 11.6 Å². The summed E-state index contributed by atoms with van der Waals surface area (Å²) in [5.41, 5.74) is -0.926. The van der Waals surface area contributed by atoms with Gasteiger partial charge >= 0.3 is 19.5 Å². The SMILES string of the molecule is C/C(=C\c1ccc(O)cc1Cl)CC[C@H]1OB(O)C[C@H]2C1=C(C(C)C)C[C@H]1C(=O)N(c3cc(C(F)(F)F)cc(C(F)(F)F)c3)C(=O)[C@H]12. The van der Waals surface area contributed by atoms with E-state index in [0.29, 0.717) is 40.5 Å². The van der Waals surface area contributed by atoms with E-state index in [-0.39, 0.29) is 30.5 Å². The molecule has 0 spiro atoms. The second-order valence-electron chi connectivity index (χ2n) is 12.4. The molecule has 0 radical (unpaired) electrons. The van der Waals surface area contributed by atoms with E-state index in [1.54, 1.807) is 6.07 Å². The Kier molecular flexibility index (Phi) is 9.17. The van der Waals surface area contributed by atoms with Crippen LogP contribution < -0.4 is 4.90 Å². The molecule has 1 aliphatic carbocycles. The third-order valence-corrected chi connectivity index (χ3v) is 9.29. The number of phenolic OH excluding ortho intramolecular Hbond substituents is 1. The molecule has 14 heteroatoms. The fraction of sp³-hybridized carbons (Fsp3) is 0.438. The van der Waals surface area contributed by atoms with Crippen molar-refractivity contribution < 1.29 is 50.7 Å². The van der Waals surface area contributed by atoms with Gasteiger partial charge in [-0.2, -0.15) is 26.3 Å². The molecule has 4 atom stereocenters. The highest BCUT2D eigenvalue weighted by Crippen LogP contribution is 2.53. The molecule has 2 saturated heterocycles. The number of amides is 2. The van der Waals surface area contributed by atoms with Crippen molar-refractivity contribution in [2.75, 3.05) is 4.90 Å². The van der Waals surface area contributed by atoms with E-state index in [1.807, 2.05) is 26.8 Å². The summed E-state index contributed by atoms with van der Waals surface area (Å²) >= 11 is 6.24. The molecular weight excluding hydrogens is 639 g/mol. The lowest BCUT2D eigenvalue weighted by Crippen LogP contribution is -2.46. The molecule has 3 aliphatic rings. The quantitative estimate of drug-likeness (QED) is 0.141. The van der Waals surface area contributed by atoms with Gasteiger partial charge in [-0.25, -0.2) is 4.90 Å². The Balaban J connectivity index is 1.49. The van der Waals surface area contributed by atoms with E-state index >= 15 is 0 Å². The van der Waals surface area contributed by atoms with Crippen LogP contribution in [0.15, 0.2) is 53.1 Å². The number of halogens is 7. The average molecular weight is 670 g/mol. The molecule has 2 N–H and O–H groups in total. The second-order valence-corrected chi connectivity index (χ2v) is 12.8. The highest BCUT2D eigenvalue weighted by atomic mass is 35.5. The lowest BCUT2D eigenvalue weighted by atomic mass is 9.57. The Morgan fingerprint density at radius 1 is 1.04 bits per heavy atom. The second kappa shape index (κ2) is 12.4. The van der Waals surface area contributed by atoms with Crippen molar-refractivity contribution in [2.24, 2.45) is 23.7 Å². The number of rotatable bonds is 6.